The highest BCUT2D eigenvalue weighted by molar-refractivity contribution is 7.98. The second-order valence-corrected chi connectivity index (χ2v) is 7.30. The summed E-state index contributed by atoms with van der Waals surface area (Å²) >= 11 is 1.42. The van der Waals surface area contributed by atoms with Gasteiger partial charge in [0.2, 0.25) is 0 Å². The van der Waals surface area contributed by atoms with Crippen molar-refractivity contribution in [1.29, 1.82) is 5.41 Å². The average Bonchev–Trinajstić information content (AvgIpc) is 3.35. The van der Waals surface area contributed by atoms with Crippen molar-refractivity contribution in [3.63, 3.8) is 0 Å². The lowest BCUT2D eigenvalue weighted by Gasteiger charge is -2.16. The van der Waals surface area contributed by atoms with Crippen LogP contribution in [0.1, 0.15) is 37.3 Å². The third-order valence-corrected chi connectivity index (χ3v) is 4.71. The normalized spacial score (nSPS) is 18.7. The van der Waals surface area contributed by atoms with Crippen LogP contribution < -0.4 is 10.6 Å². The lowest BCUT2D eigenvalue weighted by Crippen LogP contribution is -2.17. The minimum absolute atomic E-state index is 0.0649. The van der Waals surface area contributed by atoms with Gasteiger partial charge < -0.3 is 16.0 Å². The number of nitrogens with one attached hydrogen (secondary N) is 3. The Balaban J connectivity index is 1.83. The first-order chi connectivity index (χ1) is 12.4. The van der Waals surface area contributed by atoms with E-state index in [9.17, 15) is 8.78 Å². The summed E-state index contributed by atoms with van der Waals surface area (Å²) in [7, 11) is 0. The highest BCUT2D eigenvalue weighted by Crippen LogP contribution is 2.43. The molecule has 2 atom stereocenters. The van der Waals surface area contributed by atoms with Gasteiger partial charge >= 0.3 is 0 Å². The second kappa shape index (κ2) is 7.57. The Morgan fingerprint density at radius 3 is 2.58 bits per heavy atom. The van der Waals surface area contributed by atoms with E-state index in [0.717, 1.165) is 18.1 Å². The van der Waals surface area contributed by atoms with E-state index in [1.54, 1.807) is 6.07 Å². The molecule has 0 spiro atoms. The summed E-state index contributed by atoms with van der Waals surface area (Å²) in [6.45, 7) is 4.00. The molecule has 2 aromatic rings. The molecule has 1 fully saturated rings. The van der Waals surface area contributed by atoms with Crippen LogP contribution in [0, 0.1) is 17.0 Å². The quantitative estimate of drug-likeness (QED) is 0.382. The molecule has 138 valence electrons. The molecule has 0 radical (unpaired) electrons. The van der Waals surface area contributed by atoms with Gasteiger partial charge in [-0.25, -0.2) is 18.7 Å². The van der Waals surface area contributed by atoms with Crippen LogP contribution in [-0.4, -0.2) is 34.5 Å². The molecule has 1 aromatic carbocycles. The first kappa shape index (κ1) is 18.6. The Morgan fingerprint density at radius 1 is 1.23 bits per heavy atom. The predicted molar refractivity (Wildman–Crippen MR) is 102 cm³/mol. The number of thioether (sulfide) groups is 1. The molecule has 3 N–H and O–H groups in total. The third kappa shape index (κ3) is 3.95. The summed E-state index contributed by atoms with van der Waals surface area (Å²) in [6.07, 6.45) is 3.92. The summed E-state index contributed by atoms with van der Waals surface area (Å²) in [5, 5.41) is 14.9. The van der Waals surface area contributed by atoms with Crippen molar-refractivity contribution in [2.45, 2.75) is 43.4 Å². The summed E-state index contributed by atoms with van der Waals surface area (Å²) in [6, 6.07) is 4.25. The number of halogens is 2. The maximum Gasteiger partial charge on any atom is 0.191 e. The van der Waals surface area contributed by atoms with Gasteiger partial charge in [0.15, 0.2) is 16.8 Å². The van der Waals surface area contributed by atoms with Crippen LogP contribution in [0.3, 0.4) is 0 Å². The fourth-order valence-corrected chi connectivity index (χ4v) is 3.18. The molecule has 1 unspecified atom stereocenters. The molecule has 26 heavy (non-hydrogen) atoms. The van der Waals surface area contributed by atoms with Crippen molar-refractivity contribution < 1.29 is 8.78 Å². The maximum absolute atomic E-state index is 13.5. The van der Waals surface area contributed by atoms with Crippen LogP contribution in [0.5, 0.6) is 0 Å². The van der Waals surface area contributed by atoms with Gasteiger partial charge in [-0.3, -0.25) is 0 Å². The van der Waals surface area contributed by atoms with Crippen LogP contribution in [0.4, 0.5) is 20.4 Å². The highest BCUT2D eigenvalue weighted by Gasteiger charge is 2.39. The van der Waals surface area contributed by atoms with Crippen molar-refractivity contribution in [2.24, 2.45) is 0 Å². The van der Waals surface area contributed by atoms with Crippen LogP contribution >= 0.6 is 11.8 Å². The summed E-state index contributed by atoms with van der Waals surface area (Å²) in [4.78, 5) is 8.93. The largest absolute Gasteiger partial charge is 0.367 e. The lowest BCUT2D eigenvalue weighted by molar-refractivity contribution is 0.507. The molecular formula is C18H21F2N5S. The first-order valence-corrected chi connectivity index (χ1v) is 9.60. The van der Waals surface area contributed by atoms with Gasteiger partial charge in [0.1, 0.15) is 11.6 Å². The van der Waals surface area contributed by atoms with Crippen molar-refractivity contribution in [3.8, 4) is 0 Å². The van der Waals surface area contributed by atoms with E-state index in [4.69, 9.17) is 5.41 Å². The highest BCUT2D eigenvalue weighted by atomic mass is 32.2. The number of hydrogen-bond acceptors (Lipinski definition) is 6. The van der Waals surface area contributed by atoms with E-state index in [2.05, 4.69) is 20.6 Å². The maximum atomic E-state index is 13.5. The van der Waals surface area contributed by atoms with E-state index in [-0.39, 0.29) is 18.0 Å². The van der Waals surface area contributed by atoms with Gasteiger partial charge in [-0.15, -0.1) is 0 Å². The Bertz CT molecular complexity index is 827. The Morgan fingerprint density at radius 2 is 1.96 bits per heavy atom. The van der Waals surface area contributed by atoms with Gasteiger partial charge in [-0.2, -0.15) is 0 Å². The fourth-order valence-electron chi connectivity index (χ4n) is 2.81. The first-order valence-electron chi connectivity index (χ1n) is 8.37. The van der Waals surface area contributed by atoms with E-state index in [0.29, 0.717) is 22.4 Å². The molecular weight excluding hydrogens is 356 g/mol. The molecule has 8 heteroatoms. The van der Waals surface area contributed by atoms with Crippen LogP contribution in [0.15, 0.2) is 23.4 Å². The zero-order chi connectivity index (χ0) is 18.8. The number of hydrogen-bond donors (Lipinski definition) is 3. The molecule has 1 aliphatic rings. The van der Waals surface area contributed by atoms with Gasteiger partial charge in [0, 0.05) is 24.2 Å². The predicted octanol–water partition coefficient (Wildman–Crippen LogP) is 4.26. The smallest absolute Gasteiger partial charge is 0.191 e. The molecule has 3 rings (SSSR count). The third-order valence-electron chi connectivity index (χ3n) is 4.16. The molecule has 5 nitrogen and oxygen atoms in total. The average molecular weight is 377 g/mol. The molecule has 1 aromatic heterocycles. The zero-order valence-corrected chi connectivity index (χ0v) is 15.6. The van der Waals surface area contributed by atoms with E-state index < -0.39 is 11.6 Å². The van der Waals surface area contributed by atoms with Crippen molar-refractivity contribution >= 4 is 29.6 Å². The SMILES string of the molecule is CSc1nc(NC(C)C)c(C=N)c(N[C@@H]2CC2c2ccc(F)c(F)c2)n1. The zero-order valence-electron chi connectivity index (χ0n) is 14.8. The van der Waals surface area contributed by atoms with E-state index >= 15 is 0 Å². The Kier molecular flexibility index (Phi) is 5.41. The minimum Gasteiger partial charge on any atom is -0.367 e. The van der Waals surface area contributed by atoms with Crippen LogP contribution in [-0.2, 0) is 0 Å². The fraction of sp³-hybridized carbons (Fsp3) is 0.389. The lowest BCUT2D eigenvalue weighted by atomic mass is 10.1. The number of anilines is 2. The van der Waals surface area contributed by atoms with Crippen molar-refractivity contribution in [2.75, 3.05) is 16.9 Å². The standard InChI is InChI=1S/C18H21F2N5S/c1-9(2)22-16-12(8-21)17(25-18(24-16)26-3)23-15-7-11(15)10-4-5-13(19)14(20)6-10/h4-6,8-9,11,15,21H,7H2,1-3H3,(H2,22,23,24,25)/t11?,15-/m1/s1. The molecule has 1 aliphatic carbocycles. The molecule has 1 saturated carbocycles. The van der Waals surface area contributed by atoms with Crippen molar-refractivity contribution in [3.05, 3.63) is 41.0 Å². The minimum atomic E-state index is -0.838. The molecule has 0 bridgehead atoms. The van der Waals surface area contributed by atoms with E-state index in [1.807, 2.05) is 20.1 Å². The van der Waals surface area contributed by atoms with Crippen LogP contribution in [0.25, 0.3) is 0 Å². The molecule has 0 saturated heterocycles. The molecule has 1 heterocycles. The van der Waals surface area contributed by atoms with Gasteiger partial charge in [0.05, 0.1) is 5.56 Å². The molecule has 0 amide bonds. The summed E-state index contributed by atoms with van der Waals surface area (Å²) in [5.74, 6) is -0.379. The number of nitrogens with zero attached hydrogens (tertiary/aromatic N) is 2. The molecule has 0 aliphatic heterocycles. The van der Waals surface area contributed by atoms with Gasteiger partial charge in [-0.05, 0) is 44.2 Å². The van der Waals surface area contributed by atoms with Gasteiger partial charge in [0.25, 0.3) is 0 Å². The van der Waals surface area contributed by atoms with Crippen LogP contribution in [0.2, 0.25) is 0 Å². The summed E-state index contributed by atoms with van der Waals surface area (Å²) in [5.41, 5.74) is 1.35. The van der Waals surface area contributed by atoms with Crippen molar-refractivity contribution in [1.82, 2.24) is 9.97 Å². The monoisotopic (exact) mass is 377 g/mol. The number of benzene rings is 1. The second-order valence-electron chi connectivity index (χ2n) is 6.53. The topological polar surface area (TPSA) is 73.7 Å². The number of aromatic nitrogens is 2. The van der Waals surface area contributed by atoms with Gasteiger partial charge in [-0.1, -0.05) is 17.8 Å². The summed E-state index contributed by atoms with van der Waals surface area (Å²) < 4.78 is 26.6. The Hall–Kier alpha value is -2.22. The number of rotatable bonds is 7. The Labute approximate surface area is 155 Å². The van der Waals surface area contributed by atoms with E-state index in [1.165, 1.54) is 24.0 Å².